The summed E-state index contributed by atoms with van der Waals surface area (Å²) >= 11 is 0. The minimum Gasteiger partial charge on any atom is -0.493 e. The lowest BCUT2D eigenvalue weighted by Gasteiger charge is -2.27. The predicted octanol–water partition coefficient (Wildman–Crippen LogP) is 3.37. The fourth-order valence-electron chi connectivity index (χ4n) is 3.24. The van der Waals surface area contributed by atoms with E-state index >= 15 is 0 Å². The molecule has 2 aliphatic rings. The number of ether oxygens (including phenoxy) is 1. The molecule has 0 aliphatic carbocycles. The highest BCUT2D eigenvalue weighted by Gasteiger charge is 2.27. The smallest absolute Gasteiger partial charge is 0.254 e. The highest BCUT2D eigenvalue weighted by atomic mass is 16.5. The summed E-state index contributed by atoms with van der Waals surface area (Å²) in [6.45, 7) is 6.85. The number of carbonyl (C=O) groups is 1. The lowest BCUT2D eigenvalue weighted by Crippen LogP contribution is -2.36. The van der Waals surface area contributed by atoms with Crippen LogP contribution in [0.2, 0.25) is 0 Å². The highest BCUT2D eigenvalue weighted by molar-refractivity contribution is 5.96. The molecule has 1 fully saturated rings. The van der Waals surface area contributed by atoms with Crippen molar-refractivity contribution in [2.75, 3.05) is 19.7 Å². The Hall–Kier alpha value is -1.51. The number of likely N-dealkylation sites (tertiary alicyclic amines) is 1. The standard InChI is InChI=1S/C17H23NO2/c1-12(2)13-6-7-15(14-8-11-20-16(13)14)17(19)18-9-4-3-5-10-18/h6-7,12H,3-5,8-11H2,1-2H3. The van der Waals surface area contributed by atoms with Gasteiger partial charge in [0, 0.05) is 30.6 Å². The molecule has 2 heterocycles. The molecule has 3 rings (SSSR count). The summed E-state index contributed by atoms with van der Waals surface area (Å²) in [5.41, 5.74) is 3.23. The number of piperidine rings is 1. The Balaban J connectivity index is 1.94. The number of nitrogens with zero attached hydrogens (tertiary/aromatic N) is 1. The molecule has 3 heteroatoms. The van der Waals surface area contributed by atoms with E-state index in [1.54, 1.807) is 0 Å². The molecule has 0 spiro atoms. The Kier molecular flexibility index (Phi) is 3.68. The lowest BCUT2D eigenvalue weighted by atomic mass is 9.94. The van der Waals surface area contributed by atoms with Crippen molar-refractivity contribution in [3.05, 3.63) is 28.8 Å². The lowest BCUT2D eigenvalue weighted by molar-refractivity contribution is 0.0723. The maximum absolute atomic E-state index is 12.7. The van der Waals surface area contributed by atoms with Crippen LogP contribution in [0.25, 0.3) is 0 Å². The minimum atomic E-state index is 0.196. The molecule has 1 saturated heterocycles. The molecule has 3 nitrogen and oxygen atoms in total. The molecule has 0 unspecified atom stereocenters. The third-order valence-electron chi connectivity index (χ3n) is 4.39. The SMILES string of the molecule is CC(C)c1ccc(C(=O)N2CCCCC2)c2c1OCC2. The summed E-state index contributed by atoms with van der Waals surface area (Å²) in [7, 11) is 0. The van der Waals surface area contributed by atoms with Crippen LogP contribution in [0.5, 0.6) is 5.75 Å². The largest absolute Gasteiger partial charge is 0.493 e. The minimum absolute atomic E-state index is 0.196. The van der Waals surface area contributed by atoms with Gasteiger partial charge in [0.05, 0.1) is 6.61 Å². The van der Waals surface area contributed by atoms with Gasteiger partial charge in [-0.1, -0.05) is 19.9 Å². The normalized spacial score (nSPS) is 18.1. The van der Waals surface area contributed by atoms with Crippen LogP contribution in [-0.4, -0.2) is 30.5 Å². The van der Waals surface area contributed by atoms with E-state index in [-0.39, 0.29) is 5.91 Å². The summed E-state index contributed by atoms with van der Waals surface area (Å²) in [5.74, 6) is 1.60. The van der Waals surface area contributed by atoms with Gasteiger partial charge in [-0.25, -0.2) is 0 Å². The molecule has 1 aromatic carbocycles. The second kappa shape index (κ2) is 5.47. The first-order valence-corrected chi connectivity index (χ1v) is 7.76. The number of rotatable bonds is 2. The van der Waals surface area contributed by atoms with Crippen molar-refractivity contribution in [3.63, 3.8) is 0 Å². The molecule has 0 N–H and O–H groups in total. The number of amides is 1. The zero-order valence-corrected chi connectivity index (χ0v) is 12.4. The number of hydrogen-bond donors (Lipinski definition) is 0. The van der Waals surface area contributed by atoms with E-state index in [2.05, 4.69) is 19.9 Å². The van der Waals surface area contributed by atoms with Crippen LogP contribution in [0.4, 0.5) is 0 Å². The summed E-state index contributed by atoms with van der Waals surface area (Å²) < 4.78 is 5.80. The number of hydrogen-bond acceptors (Lipinski definition) is 2. The average Bonchev–Trinajstić information content (AvgIpc) is 2.95. The van der Waals surface area contributed by atoms with E-state index in [9.17, 15) is 4.79 Å². The van der Waals surface area contributed by atoms with Crippen molar-refractivity contribution >= 4 is 5.91 Å². The van der Waals surface area contributed by atoms with E-state index < -0.39 is 0 Å². The van der Waals surface area contributed by atoms with Gasteiger partial charge in [-0.15, -0.1) is 0 Å². The van der Waals surface area contributed by atoms with Crippen LogP contribution in [-0.2, 0) is 6.42 Å². The molecule has 1 aromatic rings. The van der Waals surface area contributed by atoms with Crippen LogP contribution >= 0.6 is 0 Å². The number of carbonyl (C=O) groups excluding carboxylic acids is 1. The van der Waals surface area contributed by atoms with Crippen molar-refractivity contribution in [2.45, 2.75) is 45.4 Å². The molecular formula is C17H23NO2. The van der Waals surface area contributed by atoms with E-state index in [0.717, 1.165) is 49.2 Å². The molecular weight excluding hydrogens is 250 g/mol. The highest BCUT2D eigenvalue weighted by Crippen LogP contribution is 2.37. The average molecular weight is 273 g/mol. The Bertz CT molecular complexity index is 516. The molecule has 0 saturated carbocycles. The van der Waals surface area contributed by atoms with Gasteiger partial charge in [0.25, 0.3) is 5.91 Å². The second-order valence-electron chi connectivity index (χ2n) is 6.12. The first-order valence-electron chi connectivity index (χ1n) is 7.76. The first kappa shape index (κ1) is 13.5. The Morgan fingerprint density at radius 1 is 1.20 bits per heavy atom. The molecule has 0 atom stereocenters. The van der Waals surface area contributed by atoms with Crippen molar-refractivity contribution in [1.29, 1.82) is 0 Å². The third kappa shape index (κ3) is 2.30. The first-order chi connectivity index (χ1) is 9.68. The quantitative estimate of drug-likeness (QED) is 0.827. The maximum atomic E-state index is 12.7. The van der Waals surface area contributed by atoms with Gasteiger partial charge in [0.15, 0.2) is 0 Å². The number of benzene rings is 1. The second-order valence-corrected chi connectivity index (χ2v) is 6.12. The molecule has 0 bridgehead atoms. The van der Waals surface area contributed by atoms with Crippen molar-refractivity contribution in [1.82, 2.24) is 4.90 Å². The zero-order chi connectivity index (χ0) is 14.1. The van der Waals surface area contributed by atoms with Gasteiger partial charge >= 0.3 is 0 Å². The van der Waals surface area contributed by atoms with E-state index in [0.29, 0.717) is 12.5 Å². The van der Waals surface area contributed by atoms with Crippen molar-refractivity contribution in [2.24, 2.45) is 0 Å². The molecule has 20 heavy (non-hydrogen) atoms. The molecule has 0 aromatic heterocycles. The predicted molar refractivity (Wildman–Crippen MR) is 79.5 cm³/mol. The zero-order valence-electron chi connectivity index (χ0n) is 12.4. The van der Waals surface area contributed by atoms with Gasteiger partial charge < -0.3 is 9.64 Å². The topological polar surface area (TPSA) is 29.5 Å². The molecule has 1 amide bonds. The van der Waals surface area contributed by atoms with Gasteiger partial charge in [0.1, 0.15) is 5.75 Å². The van der Waals surface area contributed by atoms with Gasteiger partial charge in [-0.3, -0.25) is 4.79 Å². The van der Waals surface area contributed by atoms with Crippen LogP contribution in [0, 0.1) is 0 Å². The number of fused-ring (bicyclic) bond motifs is 1. The Labute approximate surface area is 120 Å². The fourth-order valence-corrected chi connectivity index (χ4v) is 3.24. The van der Waals surface area contributed by atoms with Crippen LogP contribution in [0.15, 0.2) is 12.1 Å². The Morgan fingerprint density at radius 2 is 1.95 bits per heavy atom. The Morgan fingerprint density at radius 3 is 2.65 bits per heavy atom. The van der Waals surface area contributed by atoms with Crippen LogP contribution in [0.1, 0.15) is 60.5 Å². The van der Waals surface area contributed by atoms with Crippen LogP contribution in [0.3, 0.4) is 0 Å². The van der Waals surface area contributed by atoms with Gasteiger partial charge in [0.2, 0.25) is 0 Å². The van der Waals surface area contributed by atoms with Gasteiger partial charge in [-0.05, 0) is 36.8 Å². The fraction of sp³-hybridized carbons (Fsp3) is 0.588. The van der Waals surface area contributed by atoms with Crippen molar-refractivity contribution in [3.8, 4) is 5.75 Å². The van der Waals surface area contributed by atoms with Crippen LogP contribution < -0.4 is 4.74 Å². The maximum Gasteiger partial charge on any atom is 0.254 e. The van der Waals surface area contributed by atoms with E-state index in [4.69, 9.17) is 4.74 Å². The molecule has 2 aliphatic heterocycles. The third-order valence-corrected chi connectivity index (χ3v) is 4.39. The summed E-state index contributed by atoms with van der Waals surface area (Å²) in [6, 6.07) is 4.09. The van der Waals surface area contributed by atoms with Gasteiger partial charge in [-0.2, -0.15) is 0 Å². The van der Waals surface area contributed by atoms with E-state index in [1.807, 2.05) is 11.0 Å². The van der Waals surface area contributed by atoms with Crippen molar-refractivity contribution < 1.29 is 9.53 Å². The monoisotopic (exact) mass is 273 g/mol. The summed E-state index contributed by atoms with van der Waals surface area (Å²) in [6.07, 6.45) is 4.38. The van der Waals surface area contributed by atoms with E-state index in [1.165, 1.54) is 12.0 Å². The molecule has 108 valence electrons. The summed E-state index contributed by atoms with van der Waals surface area (Å²) in [5, 5.41) is 0. The molecule has 0 radical (unpaired) electrons. The summed E-state index contributed by atoms with van der Waals surface area (Å²) in [4.78, 5) is 14.7.